The Labute approximate surface area is 154 Å². The SMILES string of the molecule is C[C@@H](NC(=O)c1ccc(C(F)(F)F)cc1)[C@@H](c1cccs1)[NH+]1CCCC1. The number of nitrogens with one attached hydrogen (secondary N) is 2. The van der Waals surface area contributed by atoms with Gasteiger partial charge in [0.15, 0.2) is 0 Å². The van der Waals surface area contributed by atoms with Gasteiger partial charge in [-0.15, -0.1) is 11.3 Å². The number of hydrogen-bond acceptors (Lipinski definition) is 2. The van der Waals surface area contributed by atoms with Crippen molar-refractivity contribution in [2.45, 2.75) is 38.0 Å². The number of carbonyl (C=O) groups is 1. The lowest BCUT2D eigenvalue weighted by atomic mass is 10.1. The second-order valence-corrected chi connectivity index (χ2v) is 7.67. The van der Waals surface area contributed by atoms with Crippen molar-refractivity contribution in [1.29, 1.82) is 0 Å². The van der Waals surface area contributed by atoms with Crippen molar-refractivity contribution in [2.24, 2.45) is 0 Å². The van der Waals surface area contributed by atoms with Crippen LogP contribution in [0.4, 0.5) is 13.2 Å². The van der Waals surface area contributed by atoms with Gasteiger partial charge in [-0.3, -0.25) is 4.79 Å². The number of quaternary nitrogens is 1. The molecular weight excluding hydrogens is 361 g/mol. The Kier molecular flexibility index (Phi) is 5.67. The molecule has 1 aliphatic heterocycles. The van der Waals surface area contributed by atoms with Crippen LogP contribution in [0, 0.1) is 0 Å². The van der Waals surface area contributed by atoms with Crippen molar-refractivity contribution in [3.63, 3.8) is 0 Å². The molecule has 0 aliphatic carbocycles. The van der Waals surface area contributed by atoms with Gasteiger partial charge in [0.1, 0.15) is 6.04 Å². The zero-order valence-corrected chi connectivity index (χ0v) is 15.3. The summed E-state index contributed by atoms with van der Waals surface area (Å²) in [6.07, 6.45) is -2.04. The molecule has 0 spiro atoms. The third-order valence-electron chi connectivity index (χ3n) is 4.87. The molecule has 140 valence electrons. The molecule has 26 heavy (non-hydrogen) atoms. The van der Waals surface area contributed by atoms with Gasteiger partial charge in [-0.1, -0.05) is 6.07 Å². The minimum Gasteiger partial charge on any atom is -0.343 e. The summed E-state index contributed by atoms with van der Waals surface area (Å²) in [5, 5.41) is 5.02. The molecule has 1 aromatic carbocycles. The van der Waals surface area contributed by atoms with Crippen molar-refractivity contribution in [1.82, 2.24) is 5.32 Å². The van der Waals surface area contributed by atoms with Gasteiger partial charge in [-0.05, 0) is 42.6 Å². The van der Waals surface area contributed by atoms with Crippen LogP contribution in [-0.4, -0.2) is 25.0 Å². The van der Waals surface area contributed by atoms with Crippen LogP contribution in [0.15, 0.2) is 41.8 Å². The van der Waals surface area contributed by atoms with Crippen LogP contribution < -0.4 is 10.2 Å². The van der Waals surface area contributed by atoms with E-state index < -0.39 is 11.7 Å². The predicted octanol–water partition coefficient (Wildman–Crippen LogP) is 3.31. The summed E-state index contributed by atoms with van der Waals surface area (Å²) >= 11 is 1.68. The number of hydrogen-bond donors (Lipinski definition) is 2. The summed E-state index contributed by atoms with van der Waals surface area (Å²) in [5.41, 5.74) is -0.508. The molecule has 1 fully saturated rings. The number of likely N-dealkylation sites (tertiary alicyclic amines) is 1. The largest absolute Gasteiger partial charge is 0.416 e. The number of benzene rings is 1. The first-order valence-electron chi connectivity index (χ1n) is 8.72. The van der Waals surface area contributed by atoms with Crippen LogP contribution >= 0.6 is 11.3 Å². The highest BCUT2D eigenvalue weighted by Crippen LogP contribution is 2.29. The van der Waals surface area contributed by atoms with Crippen molar-refractivity contribution >= 4 is 17.2 Å². The van der Waals surface area contributed by atoms with E-state index in [4.69, 9.17) is 0 Å². The van der Waals surface area contributed by atoms with E-state index in [0.29, 0.717) is 0 Å². The van der Waals surface area contributed by atoms with E-state index in [9.17, 15) is 18.0 Å². The standard InChI is InChI=1S/C19H21F3N2OS/c1-13(17(16-5-4-12-26-16)24-10-2-3-11-24)23-18(25)14-6-8-15(9-7-14)19(20,21)22/h4-9,12-13,17H,2-3,10-11H2,1H3,(H,23,25)/p+1/t13-,17+/m1/s1. The van der Waals surface area contributed by atoms with Crippen LogP contribution in [0.3, 0.4) is 0 Å². The molecule has 0 unspecified atom stereocenters. The maximum atomic E-state index is 12.7. The second-order valence-electron chi connectivity index (χ2n) is 6.70. The smallest absolute Gasteiger partial charge is 0.343 e. The Balaban J connectivity index is 1.72. The average Bonchev–Trinajstić information content (AvgIpc) is 3.29. The minimum absolute atomic E-state index is 0.114. The van der Waals surface area contributed by atoms with E-state index in [-0.39, 0.29) is 23.6 Å². The molecule has 0 radical (unpaired) electrons. The summed E-state index contributed by atoms with van der Waals surface area (Å²) in [6.45, 7) is 4.11. The monoisotopic (exact) mass is 383 g/mol. The predicted molar refractivity (Wildman–Crippen MR) is 95.4 cm³/mol. The molecule has 0 saturated carbocycles. The molecule has 2 aromatic rings. The molecule has 3 nitrogen and oxygen atoms in total. The van der Waals surface area contributed by atoms with Crippen LogP contribution in [0.5, 0.6) is 0 Å². The fraction of sp³-hybridized carbons (Fsp3) is 0.421. The van der Waals surface area contributed by atoms with E-state index in [1.54, 1.807) is 11.3 Å². The first-order chi connectivity index (χ1) is 12.4. The molecule has 3 rings (SSSR count). The summed E-state index contributed by atoms with van der Waals surface area (Å²) in [4.78, 5) is 15.2. The maximum Gasteiger partial charge on any atom is 0.416 e. The highest BCUT2D eigenvalue weighted by molar-refractivity contribution is 7.10. The van der Waals surface area contributed by atoms with E-state index in [2.05, 4.69) is 11.4 Å². The topological polar surface area (TPSA) is 33.5 Å². The lowest BCUT2D eigenvalue weighted by molar-refractivity contribution is -0.920. The third-order valence-corrected chi connectivity index (χ3v) is 5.82. The molecular formula is C19H22F3N2OS+. The van der Waals surface area contributed by atoms with Gasteiger partial charge in [0.25, 0.3) is 5.91 Å². The van der Waals surface area contributed by atoms with Gasteiger partial charge >= 0.3 is 6.18 Å². The number of carbonyl (C=O) groups excluding carboxylic acids is 1. The normalized spacial score (nSPS) is 17.8. The summed E-state index contributed by atoms with van der Waals surface area (Å²) < 4.78 is 38.0. The quantitative estimate of drug-likeness (QED) is 0.816. The lowest BCUT2D eigenvalue weighted by Crippen LogP contribution is -3.11. The van der Waals surface area contributed by atoms with Gasteiger partial charge in [-0.25, -0.2) is 0 Å². The average molecular weight is 383 g/mol. The van der Waals surface area contributed by atoms with E-state index in [0.717, 1.165) is 25.2 Å². The Morgan fingerprint density at radius 1 is 1.15 bits per heavy atom. The van der Waals surface area contributed by atoms with Crippen LogP contribution in [0.1, 0.15) is 46.6 Å². The lowest BCUT2D eigenvalue weighted by Gasteiger charge is -2.29. The fourth-order valence-electron chi connectivity index (χ4n) is 3.59. The Bertz CT molecular complexity index is 722. The maximum absolute atomic E-state index is 12.7. The van der Waals surface area contributed by atoms with Crippen LogP contribution in [-0.2, 0) is 6.18 Å². The van der Waals surface area contributed by atoms with E-state index in [1.807, 2.05) is 18.4 Å². The van der Waals surface area contributed by atoms with Gasteiger partial charge in [-0.2, -0.15) is 13.2 Å². The first kappa shape index (κ1) is 18.9. The zero-order chi connectivity index (χ0) is 18.7. The number of halogens is 3. The molecule has 1 aliphatic rings. The summed E-state index contributed by atoms with van der Waals surface area (Å²) in [5.74, 6) is -0.341. The second kappa shape index (κ2) is 7.80. The third kappa shape index (κ3) is 4.27. The van der Waals surface area contributed by atoms with Gasteiger partial charge in [0.05, 0.1) is 29.6 Å². The van der Waals surface area contributed by atoms with Crippen molar-refractivity contribution in [3.05, 3.63) is 57.8 Å². The van der Waals surface area contributed by atoms with Gasteiger partial charge in [0.2, 0.25) is 0 Å². The number of rotatable bonds is 5. The first-order valence-corrected chi connectivity index (χ1v) is 9.60. The number of alkyl halides is 3. The molecule has 1 amide bonds. The minimum atomic E-state index is -4.40. The molecule has 2 heterocycles. The summed E-state index contributed by atoms with van der Waals surface area (Å²) in [6, 6.07) is 8.49. The fourth-order valence-corrected chi connectivity index (χ4v) is 4.58. The molecule has 2 atom stereocenters. The van der Waals surface area contributed by atoms with Gasteiger partial charge in [0, 0.05) is 18.4 Å². The molecule has 1 saturated heterocycles. The van der Waals surface area contributed by atoms with Crippen molar-refractivity contribution in [2.75, 3.05) is 13.1 Å². The van der Waals surface area contributed by atoms with E-state index >= 15 is 0 Å². The molecule has 0 bridgehead atoms. The Morgan fingerprint density at radius 2 is 1.81 bits per heavy atom. The molecule has 2 N–H and O–H groups in total. The Hall–Kier alpha value is -1.86. The highest BCUT2D eigenvalue weighted by Gasteiger charge is 2.34. The van der Waals surface area contributed by atoms with E-state index in [1.165, 1.54) is 34.8 Å². The molecule has 7 heteroatoms. The highest BCUT2D eigenvalue weighted by atomic mass is 32.1. The van der Waals surface area contributed by atoms with Gasteiger partial charge < -0.3 is 10.2 Å². The van der Waals surface area contributed by atoms with Crippen molar-refractivity contribution < 1.29 is 22.9 Å². The number of thiophene rings is 1. The van der Waals surface area contributed by atoms with Crippen molar-refractivity contribution in [3.8, 4) is 0 Å². The zero-order valence-electron chi connectivity index (χ0n) is 14.5. The van der Waals surface area contributed by atoms with Crippen LogP contribution in [0.2, 0.25) is 0 Å². The Morgan fingerprint density at radius 3 is 2.35 bits per heavy atom. The summed E-state index contributed by atoms with van der Waals surface area (Å²) in [7, 11) is 0. The number of amides is 1. The molecule has 1 aromatic heterocycles. The van der Waals surface area contributed by atoms with Crippen LogP contribution in [0.25, 0.3) is 0 Å².